The average molecular weight is 548 g/mol. The molecule has 0 unspecified atom stereocenters. The summed E-state index contributed by atoms with van der Waals surface area (Å²) in [4.78, 5) is 29.9. The maximum Gasteiger partial charge on any atom is 0.347 e. The summed E-state index contributed by atoms with van der Waals surface area (Å²) >= 11 is 0. The number of hydrogen-bond donors (Lipinski definition) is 1. The zero-order chi connectivity index (χ0) is 27.3. The van der Waals surface area contributed by atoms with E-state index in [1.54, 1.807) is 44.2 Å². The molecule has 0 radical (unpaired) electrons. The number of nitrogens with zero attached hydrogens (tertiary/aromatic N) is 2. The van der Waals surface area contributed by atoms with Gasteiger partial charge in [-0.15, -0.1) is 0 Å². The van der Waals surface area contributed by atoms with Gasteiger partial charge in [0.1, 0.15) is 0 Å². The Morgan fingerprint density at radius 2 is 1.84 bits per heavy atom. The van der Waals surface area contributed by atoms with Crippen LogP contribution in [-0.4, -0.2) is 76.1 Å². The van der Waals surface area contributed by atoms with E-state index in [0.717, 1.165) is 5.56 Å². The van der Waals surface area contributed by atoms with E-state index in [1.165, 1.54) is 17.3 Å². The normalized spacial score (nSPS) is 16.6. The smallest absolute Gasteiger partial charge is 0.347 e. The van der Waals surface area contributed by atoms with Gasteiger partial charge in [-0.05, 0) is 56.7 Å². The summed E-state index contributed by atoms with van der Waals surface area (Å²) < 4.78 is 48.4. The van der Waals surface area contributed by atoms with Crippen molar-refractivity contribution in [3.05, 3.63) is 47.5 Å². The number of ether oxygens (including phenoxy) is 4. The number of hydrogen-bond acceptors (Lipinski definition) is 10. The van der Waals surface area contributed by atoms with Crippen LogP contribution in [0.25, 0.3) is 0 Å². The lowest BCUT2D eigenvalue weighted by Gasteiger charge is -2.27. The van der Waals surface area contributed by atoms with Crippen molar-refractivity contribution in [2.24, 2.45) is 5.16 Å². The summed E-state index contributed by atoms with van der Waals surface area (Å²) in [6.45, 7) is 5.59. The van der Waals surface area contributed by atoms with E-state index < -0.39 is 34.6 Å². The average Bonchev–Trinajstić information content (AvgIpc) is 3.38. The topological polar surface area (TPSA) is 142 Å². The molecule has 1 amide bonds. The molecule has 0 spiro atoms. The number of carbonyl (C=O) groups excluding carboxylic acids is 2. The molecule has 4 rings (SSSR count). The van der Waals surface area contributed by atoms with Gasteiger partial charge in [0.2, 0.25) is 23.4 Å². The Morgan fingerprint density at radius 1 is 1.11 bits per heavy atom. The molecule has 2 heterocycles. The Kier molecular flexibility index (Phi) is 8.49. The molecule has 0 saturated carbocycles. The monoisotopic (exact) mass is 547 g/mol. The second-order valence-electron chi connectivity index (χ2n) is 8.64. The van der Waals surface area contributed by atoms with E-state index in [2.05, 4.69) is 10.5 Å². The highest BCUT2D eigenvalue weighted by Crippen LogP contribution is 2.32. The van der Waals surface area contributed by atoms with Crippen LogP contribution in [0.5, 0.6) is 11.5 Å². The highest BCUT2D eigenvalue weighted by Gasteiger charge is 2.28. The minimum Gasteiger partial charge on any atom is -0.454 e. The van der Waals surface area contributed by atoms with Gasteiger partial charge in [0.05, 0.1) is 23.8 Å². The predicted molar refractivity (Wildman–Crippen MR) is 136 cm³/mol. The SMILES string of the molecule is C/C(=N/OCC(=O)O[C@H](C)C(=O)Nc1ccc(C)c(S(=O)(=O)N2CCOCC2)c1)c1ccc2c(c1)OCO2. The molecule has 12 nitrogen and oxygen atoms in total. The highest BCUT2D eigenvalue weighted by molar-refractivity contribution is 7.89. The summed E-state index contributed by atoms with van der Waals surface area (Å²) in [6.07, 6.45) is -1.16. The molecule has 1 fully saturated rings. The van der Waals surface area contributed by atoms with Crippen molar-refractivity contribution in [2.45, 2.75) is 31.8 Å². The first kappa shape index (κ1) is 27.4. The molecule has 13 heteroatoms. The Labute approximate surface area is 220 Å². The standard InChI is InChI=1S/C25H29N3O9S/c1-16-4-6-20(13-23(16)38(31,32)28-8-10-33-11-9-28)26-25(30)18(3)37-24(29)14-36-27-17(2)19-5-7-21-22(12-19)35-15-34-21/h4-7,12-13,18H,8-11,14-15H2,1-3H3,(H,26,30)/b27-17-/t18-/m1/s1. The van der Waals surface area contributed by atoms with Gasteiger partial charge in [-0.25, -0.2) is 13.2 Å². The predicted octanol–water partition coefficient (Wildman–Crippen LogP) is 2.06. The first-order chi connectivity index (χ1) is 18.1. The van der Waals surface area contributed by atoms with E-state index >= 15 is 0 Å². The van der Waals surface area contributed by atoms with E-state index in [4.69, 9.17) is 23.8 Å². The van der Waals surface area contributed by atoms with Crippen molar-refractivity contribution in [3.8, 4) is 11.5 Å². The van der Waals surface area contributed by atoms with Crippen molar-refractivity contribution in [3.63, 3.8) is 0 Å². The molecule has 38 heavy (non-hydrogen) atoms. The van der Waals surface area contributed by atoms with Crippen molar-refractivity contribution in [1.29, 1.82) is 0 Å². The van der Waals surface area contributed by atoms with Gasteiger partial charge in [-0.1, -0.05) is 11.2 Å². The fraction of sp³-hybridized carbons (Fsp3) is 0.400. The molecular weight excluding hydrogens is 518 g/mol. The number of carbonyl (C=O) groups is 2. The number of rotatable bonds is 9. The molecular formula is C25H29N3O9S. The van der Waals surface area contributed by atoms with Crippen LogP contribution in [0.2, 0.25) is 0 Å². The lowest BCUT2D eigenvalue weighted by Crippen LogP contribution is -2.40. The van der Waals surface area contributed by atoms with Gasteiger partial charge >= 0.3 is 5.97 Å². The van der Waals surface area contributed by atoms with Crippen molar-refractivity contribution >= 4 is 33.3 Å². The molecule has 2 aromatic rings. The first-order valence-electron chi connectivity index (χ1n) is 11.9. The van der Waals surface area contributed by atoms with E-state index in [-0.39, 0.29) is 30.5 Å². The molecule has 204 valence electrons. The molecule has 1 N–H and O–H groups in total. The number of sulfonamides is 1. The Hall–Kier alpha value is -3.68. The number of oxime groups is 1. The van der Waals surface area contributed by atoms with Crippen molar-refractivity contribution in [1.82, 2.24) is 4.31 Å². The molecule has 2 aromatic carbocycles. The van der Waals surface area contributed by atoms with Crippen molar-refractivity contribution in [2.75, 3.05) is 45.0 Å². The molecule has 0 aliphatic carbocycles. The van der Waals surface area contributed by atoms with Crippen LogP contribution in [0.1, 0.15) is 25.0 Å². The second-order valence-corrected chi connectivity index (χ2v) is 10.5. The Morgan fingerprint density at radius 3 is 2.61 bits per heavy atom. The van der Waals surface area contributed by atoms with Crippen LogP contribution in [0.15, 0.2) is 46.4 Å². The van der Waals surface area contributed by atoms with Gasteiger partial charge in [-0.2, -0.15) is 4.31 Å². The summed E-state index contributed by atoms with van der Waals surface area (Å²) in [5.41, 5.74) is 2.03. The third-order valence-electron chi connectivity index (χ3n) is 5.90. The van der Waals surface area contributed by atoms with Gasteiger partial charge in [0, 0.05) is 24.3 Å². The first-order valence-corrected chi connectivity index (χ1v) is 13.3. The number of benzene rings is 2. The number of morpholine rings is 1. The summed E-state index contributed by atoms with van der Waals surface area (Å²) in [5.74, 6) is -0.194. The number of fused-ring (bicyclic) bond motifs is 1. The van der Waals surface area contributed by atoms with E-state index in [1.807, 2.05) is 0 Å². The minimum absolute atomic E-state index is 0.0888. The van der Waals surface area contributed by atoms with Crippen LogP contribution < -0.4 is 14.8 Å². The molecule has 1 saturated heterocycles. The maximum atomic E-state index is 13.1. The number of esters is 1. The molecule has 1 atom stereocenters. The molecule has 2 aliphatic rings. The second kappa shape index (κ2) is 11.8. The summed E-state index contributed by atoms with van der Waals surface area (Å²) in [6, 6.07) is 9.86. The number of nitrogens with one attached hydrogen (secondary N) is 1. The Bertz CT molecular complexity index is 1340. The number of amides is 1. The van der Waals surface area contributed by atoms with E-state index in [9.17, 15) is 18.0 Å². The zero-order valence-electron chi connectivity index (χ0n) is 21.3. The number of anilines is 1. The van der Waals surface area contributed by atoms with Crippen LogP contribution in [0.4, 0.5) is 5.69 Å². The third-order valence-corrected chi connectivity index (χ3v) is 7.94. The quantitative estimate of drug-likeness (QED) is 0.284. The molecule has 2 aliphatic heterocycles. The summed E-state index contributed by atoms with van der Waals surface area (Å²) in [5, 5.41) is 6.50. The number of aryl methyl sites for hydroxylation is 1. The fourth-order valence-corrected chi connectivity index (χ4v) is 5.43. The van der Waals surface area contributed by atoms with Gasteiger partial charge < -0.3 is 29.1 Å². The minimum atomic E-state index is -3.76. The van der Waals surface area contributed by atoms with Crippen LogP contribution in [0.3, 0.4) is 0 Å². The lowest BCUT2D eigenvalue weighted by molar-refractivity contribution is -0.157. The van der Waals surface area contributed by atoms with E-state index in [0.29, 0.717) is 36.0 Å². The van der Waals surface area contributed by atoms with Crippen LogP contribution >= 0.6 is 0 Å². The molecule has 0 bridgehead atoms. The van der Waals surface area contributed by atoms with Gasteiger partial charge in [-0.3, -0.25) is 4.79 Å². The lowest BCUT2D eigenvalue weighted by atomic mass is 10.1. The van der Waals surface area contributed by atoms with Crippen LogP contribution in [0, 0.1) is 6.92 Å². The summed E-state index contributed by atoms with van der Waals surface area (Å²) in [7, 11) is -3.76. The molecule has 0 aromatic heterocycles. The van der Waals surface area contributed by atoms with Crippen LogP contribution in [-0.2, 0) is 33.9 Å². The largest absolute Gasteiger partial charge is 0.454 e. The zero-order valence-corrected chi connectivity index (χ0v) is 22.1. The maximum absolute atomic E-state index is 13.1. The van der Waals surface area contributed by atoms with Gasteiger partial charge in [0.15, 0.2) is 17.6 Å². The fourth-order valence-electron chi connectivity index (χ4n) is 3.77. The Balaban J connectivity index is 1.30. The van der Waals surface area contributed by atoms with Crippen molar-refractivity contribution < 1.29 is 41.8 Å². The highest BCUT2D eigenvalue weighted by atomic mass is 32.2. The van der Waals surface area contributed by atoms with Gasteiger partial charge in [0.25, 0.3) is 5.91 Å². The third kappa shape index (κ3) is 6.41.